The first kappa shape index (κ1) is 24.3. The van der Waals surface area contributed by atoms with Crippen molar-refractivity contribution in [1.29, 1.82) is 0 Å². The molecule has 0 unspecified atom stereocenters. The summed E-state index contributed by atoms with van der Waals surface area (Å²) in [5, 5.41) is 6.05. The Bertz CT molecular complexity index is 959. The van der Waals surface area contributed by atoms with Gasteiger partial charge in [-0.15, -0.1) is 0 Å². The van der Waals surface area contributed by atoms with E-state index in [0.29, 0.717) is 10.7 Å². The van der Waals surface area contributed by atoms with Gasteiger partial charge in [0.25, 0.3) is 0 Å². The van der Waals surface area contributed by atoms with Gasteiger partial charge in [0.05, 0.1) is 11.6 Å². The highest BCUT2D eigenvalue weighted by atomic mass is 35.5. The van der Waals surface area contributed by atoms with Crippen LogP contribution < -0.4 is 10.6 Å². The molecule has 0 heterocycles. The fourth-order valence-electron chi connectivity index (χ4n) is 2.79. The summed E-state index contributed by atoms with van der Waals surface area (Å²) >= 11 is 6.06. The zero-order valence-corrected chi connectivity index (χ0v) is 18.6. The van der Waals surface area contributed by atoms with Gasteiger partial charge in [0.2, 0.25) is 0 Å². The number of halogens is 2. The van der Waals surface area contributed by atoms with Gasteiger partial charge in [-0.25, -0.2) is 9.18 Å². The molecule has 0 radical (unpaired) electrons. The Labute approximate surface area is 186 Å². The van der Waals surface area contributed by atoms with Crippen LogP contribution in [0, 0.1) is 11.7 Å². The Morgan fingerprint density at radius 1 is 1.16 bits per heavy atom. The molecule has 0 bridgehead atoms. The van der Waals surface area contributed by atoms with Crippen LogP contribution in [0.2, 0.25) is 5.02 Å². The van der Waals surface area contributed by atoms with E-state index in [4.69, 9.17) is 16.3 Å². The van der Waals surface area contributed by atoms with E-state index in [-0.39, 0.29) is 17.7 Å². The summed E-state index contributed by atoms with van der Waals surface area (Å²) in [4.78, 5) is 36.4. The molecule has 2 aromatic rings. The Morgan fingerprint density at radius 3 is 2.45 bits per heavy atom. The van der Waals surface area contributed by atoms with Crippen LogP contribution in [0.15, 0.2) is 42.5 Å². The first-order valence-electron chi connectivity index (χ1n) is 9.79. The smallest absolute Gasteiger partial charge is 0.407 e. The first-order valence-corrected chi connectivity index (χ1v) is 10.2. The third-order valence-corrected chi connectivity index (χ3v) is 4.64. The van der Waals surface area contributed by atoms with E-state index >= 15 is 0 Å². The van der Waals surface area contributed by atoms with Gasteiger partial charge in [-0.05, 0) is 51.1 Å². The van der Waals surface area contributed by atoms with E-state index in [0.717, 1.165) is 6.29 Å². The van der Waals surface area contributed by atoms with Gasteiger partial charge in [0, 0.05) is 28.7 Å². The summed E-state index contributed by atoms with van der Waals surface area (Å²) < 4.78 is 19.4. The highest BCUT2D eigenvalue weighted by Crippen LogP contribution is 2.25. The number of aldehydes is 1. The summed E-state index contributed by atoms with van der Waals surface area (Å²) in [5.74, 6) is -1.71. The molecule has 0 saturated carbocycles. The molecule has 1 amide bonds. The van der Waals surface area contributed by atoms with Crippen LogP contribution in [0.1, 0.15) is 43.6 Å². The third kappa shape index (κ3) is 7.07. The molecule has 6 nitrogen and oxygen atoms in total. The maximum atomic E-state index is 14.1. The molecule has 166 valence electrons. The van der Waals surface area contributed by atoms with E-state index in [1.54, 1.807) is 45.9 Å². The van der Waals surface area contributed by atoms with Crippen LogP contribution in [0.5, 0.6) is 0 Å². The predicted octanol–water partition coefficient (Wildman–Crippen LogP) is 4.85. The average Bonchev–Trinajstić information content (AvgIpc) is 2.69. The molecule has 2 aromatic carbocycles. The number of nitrogens with one attached hydrogen (secondary N) is 2. The van der Waals surface area contributed by atoms with E-state index in [9.17, 15) is 18.8 Å². The number of alkyl carbamates (subject to hydrolysis) is 1. The lowest BCUT2D eigenvalue weighted by molar-refractivity contribution is -0.111. The van der Waals surface area contributed by atoms with Crippen LogP contribution in [0.25, 0.3) is 0 Å². The van der Waals surface area contributed by atoms with Gasteiger partial charge in [0.1, 0.15) is 17.7 Å². The van der Waals surface area contributed by atoms with Gasteiger partial charge < -0.3 is 20.2 Å². The lowest BCUT2D eigenvalue weighted by Gasteiger charge is -2.26. The zero-order valence-electron chi connectivity index (χ0n) is 17.9. The van der Waals surface area contributed by atoms with Crippen molar-refractivity contribution in [2.45, 2.75) is 39.3 Å². The summed E-state index contributed by atoms with van der Waals surface area (Å²) in [7, 11) is 0. The predicted molar refractivity (Wildman–Crippen MR) is 118 cm³/mol. The molecule has 31 heavy (non-hydrogen) atoms. The maximum Gasteiger partial charge on any atom is 0.407 e. The van der Waals surface area contributed by atoms with Crippen LogP contribution >= 0.6 is 11.6 Å². The molecule has 2 rings (SSSR count). The van der Waals surface area contributed by atoms with Gasteiger partial charge in [-0.2, -0.15) is 0 Å². The third-order valence-electron chi connectivity index (χ3n) is 4.41. The maximum absolute atomic E-state index is 14.1. The minimum absolute atomic E-state index is 0.0856. The SMILES string of the molecule is C[C@H](C=O)[C@H](CNc1ccc(Cl)cc1C(=O)c1ccccc1F)NC(=O)OC(C)(C)C. The first-order chi connectivity index (χ1) is 14.5. The normalized spacial score (nSPS) is 13.1. The summed E-state index contributed by atoms with van der Waals surface area (Å²) in [6.07, 6.45) is 0.0588. The molecule has 0 saturated heterocycles. The fourth-order valence-corrected chi connectivity index (χ4v) is 2.96. The number of carbonyl (C=O) groups is 3. The number of anilines is 1. The second-order valence-electron chi connectivity index (χ2n) is 8.13. The van der Waals surface area contributed by atoms with Crippen LogP contribution in [0.3, 0.4) is 0 Å². The topological polar surface area (TPSA) is 84.5 Å². The van der Waals surface area contributed by atoms with Crippen molar-refractivity contribution < 1.29 is 23.5 Å². The average molecular weight is 449 g/mol. The van der Waals surface area contributed by atoms with Crippen molar-refractivity contribution in [1.82, 2.24) is 5.32 Å². The summed E-state index contributed by atoms with van der Waals surface area (Å²) in [5.41, 5.74) is -0.209. The highest BCUT2D eigenvalue weighted by Gasteiger charge is 2.24. The quantitative estimate of drug-likeness (QED) is 0.445. The Hall–Kier alpha value is -2.93. The van der Waals surface area contributed by atoms with Crippen molar-refractivity contribution in [2.75, 3.05) is 11.9 Å². The fraction of sp³-hybridized carbons (Fsp3) is 0.348. The van der Waals surface area contributed by atoms with Crippen LogP contribution in [0.4, 0.5) is 14.9 Å². The summed E-state index contributed by atoms with van der Waals surface area (Å²) in [6.45, 7) is 6.98. The number of hydrogen-bond acceptors (Lipinski definition) is 5. The molecule has 2 N–H and O–H groups in total. The van der Waals surface area contributed by atoms with Gasteiger partial charge >= 0.3 is 6.09 Å². The zero-order chi connectivity index (χ0) is 23.2. The van der Waals surface area contributed by atoms with Gasteiger partial charge in [-0.1, -0.05) is 30.7 Å². The number of carbonyl (C=O) groups excluding carboxylic acids is 3. The van der Waals surface area contributed by atoms with Crippen molar-refractivity contribution in [2.24, 2.45) is 5.92 Å². The van der Waals surface area contributed by atoms with Crippen molar-refractivity contribution in [3.8, 4) is 0 Å². The number of ketones is 1. The van der Waals surface area contributed by atoms with E-state index < -0.39 is 35.3 Å². The largest absolute Gasteiger partial charge is 0.444 e. The van der Waals surface area contributed by atoms with Crippen molar-refractivity contribution in [3.63, 3.8) is 0 Å². The monoisotopic (exact) mass is 448 g/mol. The molecule has 0 aromatic heterocycles. The molecule has 0 aliphatic rings. The second-order valence-corrected chi connectivity index (χ2v) is 8.56. The Kier molecular flexibility index (Phi) is 8.16. The Morgan fingerprint density at radius 2 is 1.84 bits per heavy atom. The van der Waals surface area contributed by atoms with Crippen molar-refractivity contribution >= 4 is 35.5 Å². The van der Waals surface area contributed by atoms with Crippen molar-refractivity contribution in [3.05, 3.63) is 64.4 Å². The number of ether oxygens (including phenoxy) is 1. The minimum Gasteiger partial charge on any atom is -0.444 e. The number of hydrogen-bond donors (Lipinski definition) is 2. The van der Waals surface area contributed by atoms with E-state index in [1.807, 2.05) is 0 Å². The molecule has 8 heteroatoms. The molecule has 0 fully saturated rings. The summed E-state index contributed by atoms with van der Waals surface area (Å²) in [6, 6.07) is 9.67. The number of amides is 1. The van der Waals surface area contributed by atoms with E-state index in [1.165, 1.54) is 24.3 Å². The van der Waals surface area contributed by atoms with Gasteiger partial charge in [-0.3, -0.25) is 4.79 Å². The minimum atomic E-state index is -0.692. The van der Waals surface area contributed by atoms with Crippen LogP contribution in [-0.2, 0) is 9.53 Å². The van der Waals surface area contributed by atoms with E-state index in [2.05, 4.69) is 10.6 Å². The highest BCUT2D eigenvalue weighted by molar-refractivity contribution is 6.31. The Balaban J connectivity index is 2.24. The number of rotatable bonds is 8. The standard InChI is InChI=1S/C23H26ClFN2O4/c1-14(13-28)20(27-22(30)31-23(2,3)4)12-26-19-10-9-15(24)11-17(19)21(29)16-7-5-6-8-18(16)25/h5-11,13-14,20,26H,12H2,1-4H3,(H,27,30)/t14-,20+/m1/s1. The molecule has 0 spiro atoms. The molecule has 0 aliphatic carbocycles. The lowest BCUT2D eigenvalue weighted by atomic mass is 10.00. The second kappa shape index (κ2) is 10.4. The van der Waals surface area contributed by atoms with Crippen LogP contribution in [-0.4, -0.2) is 36.4 Å². The van der Waals surface area contributed by atoms with Gasteiger partial charge in [0.15, 0.2) is 5.78 Å². The number of benzene rings is 2. The lowest BCUT2D eigenvalue weighted by Crippen LogP contribution is -2.46. The molecular weight excluding hydrogens is 423 g/mol. The molecule has 2 atom stereocenters. The molecular formula is C23H26ClFN2O4. The molecule has 0 aliphatic heterocycles.